The Hall–Kier alpha value is -1.93. The van der Waals surface area contributed by atoms with Crippen molar-refractivity contribution in [3.63, 3.8) is 0 Å². The first-order valence-corrected chi connectivity index (χ1v) is 60.7. The topological polar surface area (TPSA) is 74.8 Å². The van der Waals surface area contributed by atoms with Gasteiger partial charge < -0.3 is 0 Å². The van der Waals surface area contributed by atoms with Gasteiger partial charge in [0.25, 0.3) is 23.6 Å². The van der Waals surface area contributed by atoms with Crippen LogP contribution in [0.5, 0.6) is 0 Å². The second-order valence-electron chi connectivity index (χ2n) is 29.8. The zero-order chi connectivity index (χ0) is 71.8. The van der Waals surface area contributed by atoms with Crippen LogP contribution in [0.15, 0.2) is 56.1 Å². The number of nitrogens with zero attached hydrogens (tertiary/aromatic N) is 2. The molecule has 0 aromatic carbocycles. The van der Waals surface area contributed by atoms with Gasteiger partial charge in [-0.2, -0.15) is 0 Å². The quantitative estimate of drug-likeness (QED) is 0.0225. The normalized spacial score (nSPS) is 17.2. The van der Waals surface area contributed by atoms with Crippen molar-refractivity contribution in [1.29, 1.82) is 0 Å². The Morgan fingerprint density at radius 2 is 0.830 bits per heavy atom. The van der Waals surface area contributed by atoms with Crippen molar-refractivity contribution in [2.24, 2.45) is 11.8 Å². The molecule has 8 aromatic rings. The van der Waals surface area contributed by atoms with Gasteiger partial charge in [0.05, 0.1) is 34.7 Å². The van der Waals surface area contributed by atoms with Crippen LogP contribution in [-0.4, -0.2) is 81.0 Å². The Labute approximate surface area is 655 Å². The number of hydrogen-bond acceptors (Lipinski definition) is 12. The average Bonchev–Trinajstić information content (AvgIpc) is 1.45. The van der Waals surface area contributed by atoms with Crippen LogP contribution in [0.4, 0.5) is 0 Å². The van der Waals surface area contributed by atoms with Crippen LogP contribution in [0, 0.1) is 32.6 Å². The maximum atomic E-state index is 14.0. The standard InChI is InChI=1S/C39H51NO2S4Si.C25H33S3Si.C14H17Br2NO2S.3CH3.Sn/c1-7-11-13-14-15-16-21-40-38(41)33-26(6)44-35(34(33)39(40)42)29-23-31-37(46-29)36-30(22-25(5)43-36)47(31,24-27(10-4)18-12-8-2)32-20-19-28(45-32)17-9-3;1-5-8-10-19(7-3)17-29(23-13-12-20(28-23)11-9-6-2)21-14-15-26-24(21)25-22(29)16-18(4)27-25;1-2-3-4-5-6-7-8-17-13(18)9-10(14(17)19)12(16)20-11(9)15;;;;/h19-20,22-23,27H,7-18,21,24H2,1-6H3;12-14,16,19H,5-11,17H2,1-4H3;2-8H2,1H3;3*1H3;. The second kappa shape index (κ2) is 36.3. The van der Waals surface area contributed by atoms with E-state index in [4.69, 9.17) is 0 Å². The van der Waals surface area contributed by atoms with Crippen LogP contribution in [0.25, 0.3) is 29.3 Å². The van der Waals surface area contributed by atoms with Crippen LogP contribution in [0.2, 0.25) is 26.9 Å². The van der Waals surface area contributed by atoms with Gasteiger partial charge in [0, 0.05) is 46.9 Å². The number of carbonyl (C=O) groups is 4. The van der Waals surface area contributed by atoms with E-state index in [1.807, 2.05) is 34.8 Å². The third kappa shape index (κ3) is 16.8. The van der Waals surface area contributed by atoms with Crippen LogP contribution < -0.4 is 32.6 Å². The number of fused-ring (bicyclic) bond motifs is 8. The molecule has 8 aromatic heterocycles. The Morgan fingerprint density at radius 3 is 1.30 bits per heavy atom. The minimum atomic E-state index is -2.30. The van der Waals surface area contributed by atoms with Crippen molar-refractivity contribution in [2.45, 2.75) is 264 Å². The van der Waals surface area contributed by atoms with Gasteiger partial charge in [0.15, 0.2) is 8.07 Å². The van der Waals surface area contributed by atoms with E-state index in [0.717, 1.165) is 55.3 Å². The molecule has 4 aliphatic heterocycles. The van der Waals surface area contributed by atoms with Crippen molar-refractivity contribution < 1.29 is 19.2 Å². The number of hydrogen-bond donors (Lipinski definition) is 0. The molecule has 0 saturated heterocycles. The number of unbranched alkanes of at least 4 members (excludes halogenated alkanes) is 13. The average molecular weight is 1770 g/mol. The fraction of sp³-hybridized carbons (Fsp3) is 0.556. The van der Waals surface area contributed by atoms with Crippen molar-refractivity contribution in [2.75, 3.05) is 13.1 Å². The summed E-state index contributed by atoms with van der Waals surface area (Å²) in [6, 6.07) is 23.1. The summed E-state index contributed by atoms with van der Waals surface area (Å²) < 4.78 is 6.63. The molecule has 6 nitrogen and oxygen atoms in total. The Morgan fingerprint density at radius 1 is 0.410 bits per heavy atom. The molecule has 4 amide bonds. The van der Waals surface area contributed by atoms with Gasteiger partial charge in [0.1, 0.15) is 0 Å². The van der Waals surface area contributed by atoms with Gasteiger partial charge in [0.2, 0.25) is 0 Å². The van der Waals surface area contributed by atoms with Gasteiger partial charge >= 0.3 is 221 Å². The molecule has 19 heteroatoms. The summed E-state index contributed by atoms with van der Waals surface area (Å²) in [4.78, 5) is 78.4. The number of amides is 4. The summed E-state index contributed by atoms with van der Waals surface area (Å²) in [5.74, 6) is 1.07. The van der Waals surface area contributed by atoms with E-state index in [2.05, 4.69) is 210 Å². The van der Waals surface area contributed by atoms with Crippen LogP contribution in [0.3, 0.4) is 0 Å². The van der Waals surface area contributed by atoms with Crippen LogP contribution >= 0.6 is 123 Å². The molecule has 12 heterocycles. The first-order valence-electron chi connectivity index (χ1n) is 38.1. The molecule has 4 aliphatic rings. The third-order valence-corrected chi connectivity index (χ3v) is 54.3. The monoisotopic (exact) mass is 1760 g/mol. The van der Waals surface area contributed by atoms with E-state index in [1.54, 1.807) is 58.3 Å². The van der Waals surface area contributed by atoms with E-state index in [9.17, 15) is 19.2 Å². The van der Waals surface area contributed by atoms with Gasteiger partial charge in [-0.1, -0.05) is 137 Å². The number of aryl methyl sites for hydroxylation is 5. The molecule has 0 spiro atoms. The van der Waals surface area contributed by atoms with E-state index in [1.165, 1.54) is 186 Å². The first-order chi connectivity index (χ1) is 48.1. The Kier molecular flexibility index (Phi) is 29.3. The molecule has 4 unspecified atom stereocenters. The Balaban J connectivity index is 0.000000176. The zero-order valence-electron chi connectivity index (χ0n) is 62.3. The molecule has 100 heavy (non-hydrogen) atoms. The van der Waals surface area contributed by atoms with Gasteiger partial charge in [-0.25, -0.2) is 0 Å². The predicted octanol–water partition coefficient (Wildman–Crippen LogP) is 23.8. The van der Waals surface area contributed by atoms with Gasteiger partial charge in [-0.15, -0.1) is 56.7 Å². The third-order valence-electron chi connectivity index (χ3n) is 21.3. The Bertz CT molecular complexity index is 4100. The molecule has 542 valence electrons. The number of imide groups is 2. The molecular weight excluding hydrogens is 1660 g/mol. The van der Waals surface area contributed by atoms with Gasteiger partial charge in [-0.3, -0.25) is 29.0 Å². The SMILES string of the molecule is CCCCCCCCN1C(=O)c2c(Br)sc(Br)c2C1=O.CCCCCCCCN1C(=O)c2c(C)sc(-c3cc4c(s3)-c3sc(C)cc3[Si]4(CC(CC)CCCC)c3ccc(CCC)s3)c2C1=O.CCCCc1ccc([Si]2(CC(CC)CCCC)c3cc(C)sc3-c3s[c]([Sn]([CH3])([CH3])[CH3])cc32)s1. The van der Waals surface area contributed by atoms with Crippen LogP contribution in [-0.2, 0) is 12.8 Å². The van der Waals surface area contributed by atoms with E-state index in [0.29, 0.717) is 41.3 Å². The van der Waals surface area contributed by atoms with Crippen molar-refractivity contribution in [3.8, 4) is 29.3 Å². The first kappa shape index (κ1) is 80.6. The molecule has 0 radical (unpaired) electrons. The zero-order valence-corrected chi connectivity index (χ0v) is 76.9. The van der Waals surface area contributed by atoms with E-state index in [-0.39, 0.29) is 23.6 Å². The molecular formula is C81H110Br2N2O4S8Si2Sn. The van der Waals surface area contributed by atoms with Crippen LogP contribution in [0.1, 0.15) is 269 Å². The second-order valence-corrected chi connectivity index (χ2v) is 65.4. The summed E-state index contributed by atoms with van der Waals surface area (Å²) in [5, 5.41) is 6.80. The molecule has 12 rings (SSSR count). The summed E-state index contributed by atoms with van der Waals surface area (Å²) >= 11 is 20.0. The van der Waals surface area contributed by atoms with Crippen molar-refractivity contribution >= 4 is 213 Å². The van der Waals surface area contributed by atoms with Crippen molar-refractivity contribution in [1.82, 2.24) is 9.80 Å². The van der Waals surface area contributed by atoms with Gasteiger partial charge in [-0.05, 0) is 106 Å². The van der Waals surface area contributed by atoms with Crippen molar-refractivity contribution in [3.05, 3.63) is 103 Å². The summed E-state index contributed by atoms with van der Waals surface area (Å²) in [5.41, 5.74) is 2.39. The number of thiophene rings is 8. The molecule has 0 bridgehead atoms. The fourth-order valence-corrected chi connectivity index (χ4v) is 49.2. The molecule has 0 aliphatic carbocycles. The number of rotatable bonds is 35. The fourth-order valence-electron chi connectivity index (χ4n) is 15.7. The minimum absolute atomic E-state index is 0.0734. The summed E-state index contributed by atoms with van der Waals surface area (Å²) in [6.07, 6.45) is 30.4. The predicted molar refractivity (Wildman–Crippen MR) is 460 cm³/mol. The van der Waals surface area contributed by atoms with E-state index < -0.39 is 34.5 Å². The number of halogens is 2. The summed E-state index contributed by atoms with van der Waals surface area (Å²) in [6.45, 7) is 26.3. The molecule has 0 N–H and O–H groups in total. The summed E-state index contributed by atoms with van der Waals surface area (Å²) in [7, 11) is -4.26. The van der Waals surface area contributed by atoms with E-state index >= 15 is 0 Å². The molecule has 0 fully saturated rings. The molecule has 4 atom stereocenters. The maximum absolute atomic E-state index is 14.0. The number of carbonyl (C=O) groups excluding carboxylic acids is 4. The molecule has 0 saturated carbocycles.